The molecule has 1 N–H and O–H groups in total. The highest BCUT2D eigenvalue weighted by Gasteiger charge is 2.44. The van der Waals surface area contributed by atoms with Crippen molar-refractivity contribution in [1.29, 1.82) is 0 Å². The summed E-state index contributed by atoms with van der Waals surface area (Å²) in [6.45, 7) is 14.5. The summed E-state index contributed by atoms with van der Waals surface area (Å²) in [5, 5.41) is 5.26. The van der Waals surface area contributed by atoms with E-state index in [9.17, 15) is 9.59 Å². The molecule has 1 aromatic carbocycles. The lowest BCUT2D eigenvalue weighted by Crippen LogP contribution is -2.49. The molecule has 1 fully saturated rings. The van der Waals surface area contributed by atoms with Crippen LogP contribution in [0.3, 0.4) is 0 Å². The Bertz CT molecular complexity index is 969. The zero-order chi connectivity index (χ0) is 24.8. The Morgan fingerprint density at radius 1 is 1.06 bits per heavy atom. The van der Waals surface area contributed by atoms with Gasteiger partial charge in [0.2, 0.25) is 5.91 Å². The number of carbonyl (C=O) groups excluding carboxylic acids is 2. The molecule has 35 heavy (non-hydrogen) atoms. The van der Waals surface area contributed by atoms with E-state index >= 15 is 0 Å². The maximum Gasteiger partial charge on any atom is 0.254 e. The van der Waals surface area contributed by atoms with Crippen LogP contribution in [0.5, 0.6) is 0 Å². The normalized spacial score (nSPS) is 21.4. The van der Waals surface area contributed by atoms with E-state index in [0.29, 0.717) is 24.6 Å². The minimum absolute atomic E-state index is 0.0184. The molecule has 7 heteroatoms. The van der Waals surface area contributed by atoms with Gasteiger partial charge in [0, 0.05) is 49.7 Å². The molecule has 2 atom stereocenters. The van der Waals surface area contributed by atoms with E-state index in [2.05, 4.69) is 42.0 Å². The second-order valence-electron chi connectivity index (χ2n) is 10.2. The Balaban J connectivity index is 1.45. The predicted molar refractivity (Wildman–Crippen MR) is 143 cm³/mol. The van der Waals surface area contributed by atoms with Gasteiger partial charge in [0.15, 0.2) is 0 Å². The Labute approximate surface area is 214 Å². The van der Waals surface area contributed by atoms with Crippen LogP contribution in [-0.2, 0) is 4.79 Å². The van der Waals surface area contributed by atoms with Gasteiger partial charge >= 0.3 is 0 Å². The van der Waals surface area contributed by atoms with E-state index in [-0.39, 0.29) is 17.9 Å². The number of benzene rings is 1. The number of rotatable bonds is 10. The highest BCUT2D eigenvalue weighted by atomic mass is 32.1. The van der Waals surface area contributed by atoms with Crippen molar-refractivity contribution in [3.63, 3.8) is 0 Å². The van der Waals surface area contributed by atoms with Gasteiger partial charge in [-0.2, -0.15) is 0 Å². The molecule has 0 bridgehead atoms. The second kappa shape index (κ2) is 12.2. The molecule has 6 nitrogen and oxygen atoms in total. The number of nitrogens with one attached hydrogen (secondary N) is 1. The average molecular weight is 497 g/mol. The van der Waals surface area contributed by atoms with Crippen LogP contribution in [-0.4, -0.2) is 78.9 Å². The number of amides is 2. The lowest BCUT2D eigenvalue weighted by atomic mass is 9.81. The summed E-state index contributed by atoms with van der Waals surface area (Å²) in [6.07, 6.45) is 2.15. The van der Waals surface area contributed by atoms with Crippen molar-refractivity contribution in [2.24, 2.45) is 5.92 Å². The summed E-state index contributed by atoms with van der Waals surface area (Å²) < 4.78 is 0. The molecule has 0 spiro atoms. The molecule has 0 radical (unpaired) electrons. The van der Waals surface area contributed by atoms with Crippen LogP contribution < -0.4 is 5.32 Å². The van der Waals surface area contributed by atoms with Gasteiger partial charge in [0.25, 0.3) is 5.91 Å². The van der Waals surface area contributed by atoms with Gasteiger partial charge in [-0.05, 0) is 54.9 Å². The molecular formula is C28H40N4O2S. The monoisotopic (exact) mass is 496 g/mol. The Hall–Kier alpha value is -2.22. The molecule has 4 rings (SSSR count). The molecule has 2 aliphatic heterocycles. The fraction of sp³-hybridized carbons (Fsp3) is 0.571. The predicted octanol–water partition coefficient (Wildman–Crippen LogP) is 4.22. The Kier molecular flexibility index (Phi) is 8.98. The molecule has 2 amide bonds. The standard InChI is InChI=1S/C28H40N4O2S/c1-4-13-30-15-17-31(18-16-30)14-8-12-29-27(33)25-22-9-5-6-10-23(22)28(34)32(20-21(2)3)26(25)24-11-7-19-35-24/h5-7,9-11,19,21,25-26H,4,8,12-18,20H2,1-3H3,(H,29,33)/t25-,26-/m0/s1. The molecule has 0 aliphatic carbocycles. The lowest BCUT2D eigenvalue weighted by molar-refractivity contribution is -0.124. The maximum atomic E-state index is 13.7. The van der Waals surface area contributed by atoms with Gasteiger partial charge in [-0.3, -0.25) is 9.59 Å². The van der Waals surface area contributed by atoms with Gasteiger partial charge in [0.1, 0.15) is 0 Å². The van der Waals surface area contributed by atoms with Crippen LogP contribution in [0.15, 0.2) is 41.8 Å². The van der Waals surface area contributed by atoms with Crippen LogP contribution in [0.25, 0.3) is 0 Å². The third kappa shape index (κ3) is 6.13. The Morgan fingerprint density at radius 2 is 1.77 bits per heavy atom. The van der Waals surface area contributed by atoms with Crippen molar-refractivity contribution >= 4 is 23.2 Å². The number of fused-ring (bicyclic) bond motifs is 1. The number of hydrogen-bond donors (Lipinski definition) is 1. The van der Waals surface area contributed by atoms with Gasteiger partial charge in [0.05, 0.1) is 12.0 Å². The molecule has 0 unspecified atom stereocenters. The molecular weight excluding hydrogens is 456 g/mol. The van der Waals surface area contributed by atoms with Crippen molar-refractivity contribution in [2.45, 2.75) is 45.6 Å². The summed E-state index contributed by atoms with van der Waals surface area (Å²) in [4.78, 5) is 35.3. The van der Waals surface area contributed by atoms with Gasteiger partial charge in [-0.15, -0.1) is 11.3 Å². The molecule has 3 heterocycles. The second-order valence-corrected chi connectivity index (χ2v) is 11.2. The highest BCUT2D eigenvalue weighted by Crippen LogP contribution is 2.44. The van der Waals surface area contributed by atoms with E-state index in [1.165, 1.54) is 13.0 Å². The molecule has 190 valence electrons. The first kappa shape index (κ1) is 25.9. The smallest absolute Gasteiger partial charge is 0.254 e. The highest BCUT2D eigenvalue weighted by molar-refractivity contribution is 7.10. The minimum atomic E-state index is -0.404. The summed E-state index contributed by atoms with van der Waals surface area (Å²) in [6, 6.07) is 11.5. The molecule has 2 aromatic rings. The third-order valence-corrected chi connectivity index (χ3v) is 8.02. The quantitative estimate of drug-likeness (QED) is 0.501. The average Bonchev–Trinajstić information content (AvgIpc) is 3.39. The number of thiophene rings is 1. The van der Waals surface area contributed by atoms with Crippen molar-refractivity contribution in [3.05, 3.63) is 57.8 Å². The van der Waals surface area contributed by atoms with Gasteiger partial charge in [-0.25, -0.2) is 0 Å². The first-order chi connectivity index (χ1) is 17.0. The largest absolute Gasteiger partial charge is 0.355 e. The first-order valence-corrected chi connectivity index (χ1v) is 14.0. The SMILES string of the molecule is CCCN1CCN(CCCNC(=O)[C@H]2c3ccccc3C(=O)N(CC(C)C)[C@H]2c2cccs2)CC1. The fourth-order valence-corrected chi connectivity index (χ4v) is 6.30. The molecule has 1 aromatic heterocycles. The number of piperazine rings is 1. The number of hydrogen-bond acceptors (Lipinski definition) is 5. The zero-order valence-electron chi connectivity index (χ0n) is 21.4. The summed E-state index contributed by atoms with van der Waals surface area (Å²) in [5.41, 5.74) is 1.51. The van der Waals surface area contributed by atoms with Gasteiger partial charge < -0.3 is 20.0 Å². The summed E-state index contributed by atoms with van der Waals surface area (Å²) >= 11 is 1.62. The van der Waals surface area contributed by atoms with Crippen molar-refractivity contribution in [1.82, 2.24) is 20.0 Å². The fourth-order valence-electron chi connectivity index (χ4n) is 5.42. The van der Waals surface area contributed by atoms with Crippen molar-refractivity contribution < 1.29 is 9.59 Å². The van der Waals surface area contributed by atoms with E-state index in [0.717, 1.165) is 49.6 Å². The summed E-state index contributed by atoms with van der Waals surface area (Å²) in [5.74, 6) is -0.0455. The van der Waals surface area contributed by atoms with Crippen molar-refractivity contribution in [3.8, 4) is 0 Å². The van der Waals surface area contributed by atoms with E-state index in [1.807, 2.05) is 40.6 Å². The minimum Gasteiger partial charge on any atom is -0.355 e. The first-order valence-electron chi connectivity index (χ1n) is 13.1. The molecule has 1 saturated heterocycles. The van der Waals surface area contributed by atoms with Crippen molar-refractivity contribution in [2.75, 3.05) is 52.4 Å². The lowest BCUT2D eigenvalue weighted by Gasteiger charge is -2.42. The van der Waals surface area contributed by atoms with Crippen LogP contribution in [0, 0.1) is 5.92 Å². The molecule has 0 saturated carbocycles. The van der Waals surface area contributed by atoms with E-state index in [4.69, 9.17) is 0 Å². The van der Waals surface area contributed by atoms with E-state index in [1.54, 1.807) is 11.3 Å². The maximum absolute atomic E-state index is 13.7. The van der Waals surface area contributed by atoms with E-state index < -0.39 is 5.92 Å². The summed E-state index contributed by atoms with van der Waals surface area (Å²) in [7, 11) is 0. The zero-order valence-corrected chi connectivity index (χ0v) is 22.2. The van der Waals surface area contributed by atoms with Gasteiger partial charge in [-0.1, -0.05) is 45.0 Å². The van der Waals surface area contributed by atoms with Crippen LogP contribution in [0.2, 0.25) is 0 Å². The van der Waals surface area contributed by atoms with Crippen LogP contribution >= 0.6 is 11.3 Å². The third-order valence-electron chi connectivity index (χ3n) is 7.07. The van der Waals surface area contributed by atoms with Crippen LogP contribution in [0.1, 0.15) is 66.4 Å². The topological polar surface area (TPSA) is 55.9 Å². The van der Waals surface area contributed by atoms with Crippen LogP contribution in [0.4, 0.5) is 0 Å². The number of nitrogens with zero attached hydrogens (tertiary/aromatic N) is 3. The number of carbonyl (C=O) groups is 2. The Morgan fingerprint density at radius 3 is 2.43 bits per heavy atom. The molecule has 2 aliphatic rings.